The SMILES string of the molecule is CCC(CC(=O)O)NS(=O)(=O)c1ccc(C#N)nc1. The lowest BCUT2D eigenvalue weighted by molar-refractivity contribution is -0.137. The predicted octanol–water partition coefficient (Wildman–Crippen LogP) is 0.485. The first kappa shape index (κ1) is 15.1. The van der Waals surface area contributed by atoms with Crippen molar-refractivity contribution in [2.24, 2.45) is 0 Å². The molecule has 102 valence electrons. The number of pyridine rings is 1. The van der Waals surface area contributed by atoms with Gasteiger partial charge in [-0.05, 0) is 18.6 Å². The first-order valence-electron chi connectivity index (χ1n) is 5.49. The van der Waals surface area contributed by atoms with Crippen LogP contribution in [0.25, 0.3) is 0 Å². The van der Waals surface area contributed by atoms with Gasteiger partial charge < -0.3 is 5.11 Å². The third-order valence-electron chi connectivity index (χ3n) is 2.40. The van der Waals surface area contributed by atoms with E-state index in [2.05, 4.69) is 9.71 Å². The minimum atomic E-state index is -3.83. The van der Waals surface area contributed by atoms with Crippen LogP contribution >= 0.6 is 0 Å². The maximum absolute atomic E-state index is 12.0. The van der Waals surface area contributed by atoms with Gasteiger partial charge in [-0.1, -0.05) is 6.92 Å². The van der Waals surface area contributed by atoms with Crippen molar-refractivity contribution in [2.45, 2.75) is 30.7 Å². The highest BCUT2D eigenvalue weighted by Gasteiger charge is 2.21. The Labute approximate surface area is 110 Å². The van der Waals surface area contributed by atoms with Crippen molar-refractivity contribution in [2.75, 3.05) is 0 Å². The highest BCUT2D eigenvalue weighted by molar-refractivity contribution is 7.89. The lowest BCUT2D eigenvalue weighted by atomic mass is 10.2. The zero-order valence-corrected chi connectivity index (χ0v) is 11.0. The van der Waals surface area contributed by atoms with Crippen LogP contribution in [0, 0.1) is 11.3 Å². The van der Waals surface area contributed by atoms with Crippen molar-refractivity contribution in [3.05, 3.63) is 24.0 Å². The molecule has 1 aromatic heterocycles. The van der Waals surface area contributed by atoms with Crippen molar-refractivity contribution in [3.63, 3.8) is 0 Å². The summed E-state index contributed by atoms with van der Waals surface area (Å²) in [7, 11) is -3.83. The summed E-state index contributed by atoms with van der Waals surface area (Å²) >= 11 is 0. The Bertz CT molecular complexity index is 589. The van der Waals surface area contributed by atoms with Gasteiger partial charge in [-0.2, -0.15) is 5.26 Å². The van der Waals surface area contributed by atoms with Crippen LogP contribution in [0.1, 0.15) is 25.5 Å². The number of sulfonamides is 1. The molecule has 0 saturated heterocycles. The standard InChI is InChI=1S/C11H13N3O4S/c1-2-8(5-11(15)16)14-19(17,18)10-4-3-9(6-12)13-7-10/h3-4,7-8,14H,2,5H2,1H3,(H,15,16). The summed E-state index contributed by atoms with van der Waals surface area (Å²) < 4.78 is 26.2. The molecule has 0 aliphatic heterocycles. The molecular weight excluding hydrogens is 270 g/mol. The fourth-order valence-corrected chi connectivity index (χ4v) is 2.64. The molecule has 0 fully saturated rings. The Morgan fingerprint density at radius 2 is 2.26 bits per heavy atom. The maximum Gasteiger partial charge on any atom is 0.304 e. The first-order valence-corrected chi connectivity index (χ1v) is 6.97. The minimum absolute atomic E-state index is 0.102. The van der Waals surface area contributed by atoms with E-state index in [1.807, 2.05) is 0 Å². The summed E-state index contributed by atoms with van der Waals surface area (Å²) in [5.41, 5.74) is 0.108. The van der Waals surface area contributed by atoms with Gasteiger partial charge in [0.05, 0.1) is 6.42 Å². The van der Waals surface area contributed by atoms with Crippen LogP contribution < -0.4 is 4.72 Å². The third kappa shape index (κ3) is 4.31. The number of aliphatic carboxylic acids is 1. The van der Waals surface area contributed by atoms with E-state index >= 15 is 0 Å². The lowest BCUT2D eigenvalue weighted by Crippen LogP contribution is -2.36. The Hall–Kier alpha value is -1.98. The molecular formula is C11H13N3O4S. The summed E-state index contributed by atoms with van der Waals surface area (Å²) in [6, 6.07) is 3.63. The monoisotopic (exact) mass is 283 g/mol. The number of nitrogens with one attached hydrogen (secondary N) is 1. The van der Waals surface area contributed by atoms with Crippen molar-refractivity contribution in [1.82, 2.24) is 9.71 Å². The lowest BCUT2D eigenvalue weighted by Gasteiger charge is -2.14. The van der Waals surface area contributed by atoms with Gasteiger partial charge in [0.2, 0.25) is 10.0 Å². The van der Waals surface area contributed by atoms with Crippen LogP contribution in [0.2, 0.25) is 0 Å². The van der Waals surface area contributed by atoms with Crippen LogP contribution in [0.15, 0.2) is 23.2 Å². The van der Waals surface area contributed by atoms with E-state index in [0.29, 0.717) is 6.42 Å². The summed E-state index contributed by atoms with van der Waals surface area (Å²) in [5, 5.41) is 17.2. The topological polar surface area (TPSA) is 120 Å². The second kappa shape index (κ2) is 6.26. The minimum Gasteiger partial charge on any atom is -0.481 e. The number of hydrogen-bond acceptors (Lipinski definition) is 5. The molecule has 0 aliphatic rings. The van der Waals surface area contributed by atoms with Gasteiger partial charge in [0.15, 0.2) is 0 Å². The van der Waals surface area contributed by atoms with Crippen molar-refractivity contribution >= 4 is 16.0 Å². The summed E-state index contributed by atoms with van der Waals surface area (Å²) in [4.78, 5) is 14.2. The number of rotatable bonds is 6. The largest absolute Gasteiger partial charge is 0.481 e. The van der Waals surface area contributed by atoms with E-state index < -0.39 is 22.0 Å². The Balaban J connectivity index is 2.90. The van der Waals surface area contributed by atoms with Crippen LogP contribution in [-0.2, 0) is 14.8 Å². The number of hydrogen-bond donors (Lipinski definition) is 2. The summed E-state index contributed by atoms with van der Waals surface area (Å²) in [6.45, 7) is 1.69. The van der Waals surface area contributed by atoms with Crippen LogP contribution in [0.5, 0.6) is 0 Å². The van der Waals surface area contributed by atoms with Crippen LogP contribution in [0.4, 0.5) is 0 Å². The average molecular weight is 283 g/mol. The summed E-state index contributed by atoms with van der Waals surface area (Å²) in [5.74, 6) is -1.08. The predicted molar refractivity (Wildman–Crippen MR) is 65.6 cm³/mol. The zero-order valence-electron chi connectivity index (χ0n) is 10.2. The van der Waals surface area contributed by atoms with Crippen LogP contribution in [0.3, 0.4) is 0 Å². The Morgan fingerprint density at radius 3 is 2.68 bits per heavy atom. The van der Waals surface area contributed by atoms with Gasteiger partial charge in [0.25, 0.3) is 0 Å². The molecule has 2 N–H and O–H groups in total. The van der Waals surface area contributed by atoms with E-state index in [0.717, 1.165) is 6.20 Å². The quantitative estimate of drug-likeness (QED) is 0.783. The second-order valence-electron chi connectivity index (χ2n) is 3.82. The van der Waals surface area contributed by atoms with Gasteiger partial charge >= 0.3 is 5.97 Å². The molecule has 1 atom stereocenters. The number of carbonyl (C=O) groups is 1. The fraction of sp³-hybridized carbons (Fsp3) is 0.364. The molecule has 0 bridgehead atoms. The second-order valence-corrected chi connectivity index (χ2v) is 5.53. The van der Waals surface area contributed by atoms with Gasteiger partial charge in [-0.25, -0.2) is 18.1 Å². The van der Waals surface area contributed by atoms with E-state index in [1.54, 1.807) is 13.0 Å². The number of nitriles is 1. The molecule has 0 aromatic carbocycles. The van der Waals surface area contributed by atoms with Gasteiger partial charge in [-0.15, -0.1) is 0 Å². The molecule has 0 saturated carbocycles. The molecule has 1 aromatic rings. The van der Waals surface area contributed by atoms with E-state index in [1.165, 1.54) is 12.1 Å². The fourth-order valence-electron chi connectivity index (χ4n) is 1.37. The maximum atomic E-state index is 12.0. The normalized spacial score (nSPS) is 12.6. The van der Waals surface area contributed by atoms with Crippen molar-refractivity contribution in [1.29, 1.82) is 5.26 Å². The molecule has 8 heteroatoms. The molecule has 0 spiro atoms. The van der Waals surface area contributed by atoms with Gasteiger partial charge in [0, 0.05) is 12.2 Å². The first-order chi connectivity index (χ1) is 8.89. The number of nitrogens with zero attached hydrogens (tertiary/aromatic N) is 2. The van der Waals surface area contributed by atoms with Crippen molar-refractivity contribution in [3.8, 4) is 6.07 Å². The number of aromatic nitrogens is 1. The smallest absolute Gasteiger partial charge is 0.304 e. The van der Waals surface area contributed by atoms with E-state index in [9.17, 15) is 13.2 Å². The zero-order chi connectivity index (χ0) is 14.5. The van der Waals surface area contributed by atoms with Gasteiger partial charge in [0.1, 0.15) is 16.7 Å². The highest BCUT2D eigenvalue weighted by atomic mass is 32.2. The Morgan fingerprint density at radius 1 is 1.58 bits per heavy atom. The molecule has 7 nitrogen and oxygen atoms in total. The molecule has 19 heavy (non-hydrogen) atoms. The Kier molecular flexibility index (Phi) is 4.97. The number of carboxylic acids is 1. The molecule has 0 radical (unpaired) electrons. The molecule has 1 heterocycles. The molecule has 0 aliphatic carbocycles. The van der Waals surface area contributed by atoms with Crippen LogP contribution in [-0.4, -0.2) is 30.5 Å². The molecule has 1 rings (SSSR count). The van der Waals surface area contributed by atoms with Gasteiger partial charge in [-0.3, -0.25) is 4.79 Å². The third-order valence-corrected chi connectivity index (χ3v) is 3.90. The molecule has 0 amide bonds. The average Bonchev–Trinajstić information content (AvgIpc) is 2.37. The number of carboxylic acid groups (broad SMARTS) is 1. The molecule has 1 unspecified atom stereocenters. The van der Waals surface area contributed by atoms with Crippen molar-refractivity contribution < 1.29 is 18.3 Å². The summed E-state index contributed by atoms with van der Waals surface area (Å²) in [6.07, 6.45) is 1.13. The highest BCUT2D eigenvalue weighted by Crippen LogP contribution is 2.10. The van der Waals surface area contributed by atoms with E-state index in [-0.39, 0.29) is 17.0 Å². The van der Waals surface area contributed by atoms with E-state index in [4.69, 9.17) is 10.4 Å².